The van der Waals surface area contributed by atoms with Crippen molar-refractivity contribution < 1.29 is 21.6 Å². The monoisotopic (exact) mass is 485 g/mol. The van der Waals surface area contributed by atoms with Gasteiger partial charge in [-0.1, -0.05) is 6.07 Å². The first-order chi connectivity index (χ1) is 16.1. The van der Waals surface area contributed by atoms with E-state index in [-0.39, 0.29) is 21.9 Å². The number of hydrogen-bond acceptors (Lipinski definition) is 7. The van der Waals surface area contributed by atoms with E-state index in [1.807, 2.05) is 11.9 Å². The topological polar surface area (TPSA) is 88.1 Å². The van der Waals surface area contributed by atoms with Crippen LogP contribution in [0.25, 0.3) is 22.2 Å². The Morgan fingerprint density at radius 2 is 1.85 bits per heavy atom. The van der Waals surface area contributed by atoms with E-state index in [1.54, 1.807) is 30.3 Å². The highest BCUT2D eigenvalue weighted by Crippen LogP contribution is 2.37. The Labute approximate surface area is 193 Å². The van der Waals surface area contributed by atoms with Crippen LogP contribution in [0, 0.1) is 0 Å². The number of aromatic nitrogens is 3. The summed E-state index contributed by atoms with van der Waals surface area (Å²) in [6.45, 7) is 0.394. The largest absolute Gasteiger partial charge is 0.418 e. The second-order valence-corrected chi connectivity index (χ2v) is 9.98. The van der Waals surface area contributed by atoms with Crippen LogP contribution in [0.2, 0.25) is 0 Å². The summed E-state index contributed by atoms with van der Waals surface area (Å²) in [5.74, 6) is 0.504. The van der Waals surface area contributed by atoms with E-state index in [4.69, 9.17) is 0 Å². The van der Waals surface area contributed by atoms with Gasteiger partial charge in [0.05, 0.1) is 33.1 Å². The molecule has 0 fully saturated rings. The summed E-state index contributed by atoms with van der Waals surface area (Å²) >= 11 is 0. The lowest BCUT2D eigenvalue weighted by Crippen LogP contribution is -2.32. The summed E-state index contributed by atoms with van der Waals surface area (Å²) in [6, 6.07) is 11.9. The van der Waals surface area contributed by atoms with E-state index in [0.717, 1.165) is 6.07 Å². The third kappa shape index (κ3) is 3.92. The van der Waals surface area contributed by atoms with Crippen molar-refractivity contribution in [2.75, 3.05) is 29.6 Å². The maximum absolute atomic E-state index is 13.4. The molecule has 0 atom stereocenters. The predicted octanol–water partition coefficient (Wildman–Crippen LogP) is 4.68. The minimum absolute atomic E-state index is 0.0640. The van der Waals surface area contributed by atoms with Crippen molar-refractivity contribution in [2.45, 2.75) is 11.1 Å². The first-order valence-corrected chi connectivity index (χ1v) is 11.9. The Balaban J connectivity index is 1.53. The van der Waals surface area contributed by atoms with Gasteiger partial charge in [0.2, 0.25) is 0 Å². The summed E-state index contributed by atoms with van der Waals surface area (Å²) < 4.78 is 65.0. The molecule has 0 spiro atoms. The smallest absolute Gasteiger partial charge is 0.372 e. The highest BCUT2D eigenvalue weighted by atomic mass is 32.2. The van der Waals surface area contributed by atoms with Gasteiger partial charge in [-0.3, -0.25) is 4.98 Å². The van der Waals surface area contributed by atoms with Gasteiger partial charge < -0.3 is 10.2 Å². The van der Waals surface area contributed by atoms with Crippen LogP contribution in [-0.2, 0) is 16.0 Å². The lowest BCUT2D eigenvalue weighted by molar-refractivity contribution is -0.137. The highest BCUT2D eigenvalue weighted by Gasteiger charge is 2.34. The number of alkyl halides is 3. The number of benzene rings is 2. The molecule has 2 aromatic carbocycles. The number of anilines is 3. The third-order valence-electron chi connectivity index (χ3n) is 5.69. The lowest BCUT2D eigenvalue weighted by Gasteiger charge is -2.27. The van der Waals surface area contributed by atoms with Gasteiger partial charge in [0.15, 0.2) is 9.84 Å². The molecule has 1 aliphatic heterocycles. The van der Waals surface area contributed by atoms with Crippen LogP contribution in [0.4, 0.5) is 30.4 Å². The second-order valence-electron chi connectivity index (χ2n) is 7.90. The van der Waals surface area contributed by atoms with Crippen molar-refractivity contribution in [3.8, 4) is 11.3 Å². The van der Waals surface area contributed by atoms with Gasteiger partial charge in [-0.2, -0.15) is 13.2 Å². The number of fused-ring (bicyclic) bond motifs is 2. The number of halogens is 3. The van der Waals surface area contributed by atoms with E-state index >= 15 is 0 Å². The molecule has 0 unspecified atom stereocenters. The van der Waals surface area contributed by atoms with Crippen LogP contribution in [0.1, 0.15) is 5.56 Å². The Morgan fingerprint density at radius 1 is 1.03 bits per heavy atom. The molecule has 0 saturated heterocycles. The van der Waals surface area contributed by atoms with Crippen molar-refractivity contribution in [3.63, 3.8) is 0 Å². The first-order valence-electron chi connectivity index (χ1n) is 10.3. The van der Waals surface area contributed by atoms with Gasteiger partial charge in [0.1, 0.15) is 12.1 Å². The molecule has 0 radical (unpaired) electrons. The zero-order valence-electron chi connectivity index (χ0n) is 17.8. The number of nitrogens with one attached hydrogen (secondary N) is 1. The summed E-state index contributed by atoms with van der Waals surface area (Å²) in [7, 11) is -1.50. The van der Waals surface area contributed by atoms with Crippen molar-refractivity contribution in [2.24, 2.45) is 0 Å². The molecule has 0 saturated carbocycles. The average molecular weight is 485 g/mol. The van der Waals surface area contributed by atoms with Crippen molar-refractivity contribution in [1.29, 1.82) is 0 Å². The number of rotatable bonds is 3. The molecular formula is C23H18F3N5O2S. The van der Waals surface area contributed by atoms with Crippen LogP contribution in [0.5, 0.6) is 0 Å². The molecule has 1 aliphatic rings. The fourth-order valence-corrected chi connectivity index (χ4v) is 5.49. The molecule has 2 aromatic heterocycles. The normalized spacial score (nSPS) is 15.2. The summed E-state index contributed by atoms with van der Waals surface area (Å²) in [4.78, 5) is 14.6. The first kappa shape index (κ1) is 22.1. The Hall–Kier alpha value is -3.73. The maximum atomic E-state index is 13.4. The number of pyridine rings is 1. The van der Waals surface area contributed by atoms with Crippen LogP contribution >= 0.6 is 0 Å². The lowest BCUT2D eigenvalue weighted by atomic mass is 10.0. The summed E-state index contributed by atoms with van der Waals surface area (Å²) in [6.07, 6.45) is -1.91. The number of nitrogens with zero attached hydrogens (tertiary/aromatic N) is 4. The van der Waals surface area contributed by atoms with Gasteiger partial charge in [-0.25, -0.2) is 18.4 Å². The molecule has 7 nitrogen and oxygen atoms in total. The van der Waals surface area contributed by atoms with Crippen LogP contribution in [0.15, 0.2) is 66.0 Å². The van der Waals surface area contributed by atoms with Crippen LogP contribution in [0.3, 0.4) is 0 Å². The van der Waals surface area contributed by atoms with E-state index in [2.05, 4.69) is 20.3 Å². The Morgan fingerprint density at radius 3 is 2.65 bits per heavy atom. The molecular weight excluding hydrogens is 467 g/mol. The fraction of sp³-hybridized carbons (Fsp3) is 0.174. The second kappa shape index (κ2) is 7.94. The van der Waals surface area contributed by atoms with E-state index < -0.39 is 21.6 Å². The summed E-state index contributed by atoms with van der Waals surface area (Å²) in [5.41, 5.74) is 0.929. The standard InChI is InChI=1S/C23H18F3N5O2S/c1-31-9-10-34(32,33)20-7-5-15(12-19(20)31)30-22-16-6-4-14(11-18(16)28-13-29-22)21-17(23(24,25)26)3-2-8-27-21/h2-8,11-13H,9-10H2,1H3,(H,28,29,30). The zero-order chi connectivity index (χ0) is 24.1. The Bertz CT molecular complexity index is 1520. The minimum Gasteiger partial charge on any atom is -0.372 e. The molecule has 174 valence electrons. The molecule has 3 heterocycles. The van der Waals surface area contributed by atoms with Gasteiger partial charge in [-0.15, -0.1) is 0 Å². The van der Waals surface area contributed by atoms with Gasteiger partial charge in [0.25, 0.3) is 0 Å². The van der Waals surface area contributed by atoms with Crippen LogP contribution in [-0.4, -0.2) is 42.7 Å². The number of hydrogen-bond donors (Lipinski definition) is 1. The fourth-order valence-electron chi connectivity index (χ4n) is 3.95. The summed E-state index contributed by atoms with van der Waals surface area (Å²) in [5, 5.41) is 3.76. The molecule has 11 heteroatoms. The molecule has 34 heavy (non-hydrogen) atoms. The zero-order valence-corrected chi connectivity index (χ0v) is 18.7. The van der Waals surface area contributed by atoms with Gasteiger partial charge in [-0.05, 0) is 42.5 Å². The van der Waals surface area contributed by atoms with Crippen molar-refractivity contribution >= 4 is 37.9 Å². The maximum Gasteiger partial charge on any atom is 0.418 e. The Kier molecular flexibility index (Phi) is 5.16. The highest BCUT2D eigenvalue weighted by molar-refractivity contribution is 7.91. The molecule has 5 rings (SSSR count). The minimum atomic E-state index is -4.54. The van der Waals surface area contributed by atoms with E-state index in [1.165, 1.54) is 24.7 Å². The predicted molar refractivity (Wildman–Crippen MR) is 123 cm³/mol. The van der Waals surface area contributed by atoms with Crippen molar-refractivity contribution in [3.05, 3.63) is 66.6 Å². The molecule has 1 N–H and O–H groups in total. The third-order valence-corrected chi connectivity index (χ3v) is 7.42. The number of sulfone groups is 1. The molecule has 0 aliphatic carbocycles. The molecule has 4 aromatic rings. The molecule has 0 amide bonds. The van der Waals surface area contributed by atoms with Crippen molar-refractivity contribution in [1.82, 2.24) is 15.0 Å². The quantitative estimate of drug-likeness (QED) is 0.451. The van der Waals surface area contributed by atoms with Crippen LogP contribution < -0.4 is 10.2 Å². The van der Waals surface area contributed by atoms with Gasteiger partial charge in [0, 0.05) is 36.4 Å². The average Bonchev–Trinajstić information content (AvgIpc) is 2.81. The van der Waals surface area contributed by atoms with E-state index in [9.17, 15) is 21.6 Å². The molecule has 0 bridgehead atoms. The SMILES string of the molecule is CN1CCS(=O)(=O)c2ccc(Nc3ncnc4cc(-c5ncccc5C(F)(F)F)ccc34)cc21. The van der Waals surface area contributed by atoms with Gasteiger partial charge >= 0.3 is 6.18 Å². The van der Waals surface area contributed by atoms with E-state index in [0.29, 0.717) is 34.6 Å².